The number of nitrogens with zero attached hydrogens (tertiary/aromatic N) is 2. The molecule has 148 valence electrons. The van der Waals surface area contributed by atoms with E-state index in [1.54, 1.807) is 6.20 Å². The van der Waals surface area contributed by atoms with E-state index in [9.17, 15) is 0 Å². The van der Waals surface area contributed by atoms with Crippen molar-refractivity contribution in [1.29, 1.82) is 0 Å². The highest BCUT2D eigenvalue weighted by atomic mass is 16.5. The van der Waals surface area contributed by atoms with Gasteiger partial charge in [0.1, 0.15) is 18.1 Å². The van der Waals surface area contributed by atoms with Crippen molar-refractivity contribution in [3.63, 3.8) is 0 Å². The Morgan fingerprint density at radius 3 is 2.56 bits per heavy atom. The van der Waals surface area contributed by atoms with Crippen LogP contribution in [0.5, 0.6) is 5.75 Å². The number of hydrogen-bond acceptors (Lipinski definition) is 4. The molecule has 0 saturated heterocycles. The van der Waals surface area contributed by atoms with Gasteiger partial charge in [-0.2, -0.15) is 0 Å². The van der Waals surface area contributed by atoms with E-state index >= 15 is 0 Å². The number of aliphatic imine (C=N–C) groups is 1. The third-order valence-electron chi connectivity index (χ3n) is 3.91. The molecule has 0 aliphatic rings. The van der Waals surface area contributed by atoms with Gasteiger partial charge in [0, 0.05) is 18.5 Å². The van der Waals surface area contributed by atoms with Gasteiger partial charge in [-0.3, -0.25) is 0 Å². The number of aryl methyl sites for hydroxylation is 1. The molecule has 6 heteroatoms. The lowest BCUT2D eigenvalue weighted by Crippen LogP contribution is -2.38. The summed E-state index contributed by atoms with van der Waals surface area (Å²) < 4.78 is 11.5. The Balaban J connectivity index is 1.76. The predicted octanol–water partition coefficient (Wildman–Crippen LogP) is 3.80. The molecule has 0 atom stereocenters. The molecule has 1 heterocycles. The van der Waals surface area contributed by atoms with Gasteiger partial charge < -0.3 is 19.8 Å². The molecule has 0 fully saturated rings. The quantitative estimate of drug-likeness (QED) is 0.419. The highest BCUT2D eigenvalue weighted by Crippen LogP contribution is 2.22. The lowest BCUT2D eigenvalue weighted by atomic mass is 9.94. The molecule has 0 aliphatic carbocycles. The van der Waals surface area contributed by atoms with Gasteiger partial charge in [0.15, 0.2) is 5.96 Å². The fourth-order valence-electron chi connectivity index (χ4n) is 2.32. The molecule has 0 unspecified atom stereocenters. The van der Waals surface area contributed by atoms with Crippen molar-refractivity contribution in [3.05, 3.63) is 47.7 Å². The van der Waals surface area contributed by atoms with Crippen LogP contribution in [0.3, 0.4) is 0 Å². The van der Waals surface area contributed by atoms with Crippen LogP contribution in [0, 0.1) is 6.92 Å². The monoisotopic (exact) mass is 372 g/mol. The molecule has 0 bridgehead atoms. The summed E-state index contributed by atoms with van der Waals surface area (Å²) in [7, 11) is 0. The predicted molar refractivity (Wildman–Crippen MR) is 109 cm³/mol. The van der Waals surface area contributed by atoms with E-state index < -0.39 is 0 Å². The van der Waals surface area contributed by atoms with Crippen LogP contribution in [0.1, 0.15) is 51.3 Å². The molecule has 6 nitrogen and oxygen atoms in total. The van der Waals surface area contributed by atoms with Crippen LogP contribution in [-0.4, -0.2) is 30.6 Å². The van der Waals surface area contributed by atoms with Gasteiger partial charge in [-0.25, -0.2) is 9.98 Å². The van der Waals surface area contributed by atoms with Crippen molar-refractivity contribution in [3.8, 4) is 5.75 Å². The third-order valence-corrected chi connectivity index (χ3v) is 3.91. The Labute approximate surface area is 162 Å². The Hall–Kier alpha value is -2.50. The van der Waals surface area contributed by atoms with Gasteiger partial charge in [0.05, 0.1) is 12.8 Å². The molecule has 2 aromatic rings. The summed E-state index contributed by atoms with van der Waals surface area (Å²) in [5.74, 6) is 3.15. The Morgan fingerprint density at radius 1 is 1.19 bits per heavy atom. The molecular weight excluding hydrogens is 340 g/mol. The van der Waals surface area contributed by atoms with Crippen LogP contribution in [-0.2, 0) is 12.0 Å². The van der Waals surface area contributed by atoms with Crippen molar-refractivity contribution in [2.24, 2.45) is 4.99 Å². The summed E-state index contributed by atoms with van der Waals surface area (Å²) in [5, 5.41) is 6.55. The lowest BCUT2D eigenvalue weighted by Gasteiger charge is -2.13. The highest BCUT2D eigenvalue weighted by molar-refractivity contribution is 5.79. The molecule has 2 rings (SSSR count). The highest BCUT2D eigenvalue weighted by Gasteiger charge is 2.18. The number of oxazole rings is 1. The number of benzene rings is 1. The van der Waals surface area contributed by atoms with Gasteiger partial charge in [0.25, 0.3) is 0 Å². The number of guanidine groups is 1. The molecule has 0 amide bonds. The summed E-state index contributed by atoms with van der Waals surface area (Å²) in [5.41, 5.74) is 1.19. The van der Waals surface area contributed by atoms with Crippen LogP contribution in [0.2, 0.25) is 0 Å². The van der Waals surface area contributed by atoms with E-state index in [0.29, 0.717) is 19.0 Å². The minimum Gasteiger partial charge on any atom is -0.494 e. The summed E-state index contributed by atoms with van der Waals surface area (Å²) >= 11 is 0. The van der Waals surface area contributed by atoms with Crippen molar-refractivity contribution < 1.29 is 9.15 Å². The zero-order valence-corrected chi connectivity index (χ0v) is 17.1. The second-order valence-electron chi connectivity index (χ2n) is 7.51. The first-order valence-corrected chi connectivity index (χ1v) is 9.55. The summed E-state index contributed by atoms with van der Waals surface area (Å²) in [6, 6.07) is 8.10. The fourth-order valence-corrected chi connectivity index (χ4v) is 2.32. The first-order valence-electron chi connectivity index (χ1n) is 9.55. The minimum absolute atomic E-state index is 0.0465. The normalized spacial score (nSPS) is 12.1. The second-order valence-corrected chi connectivity index (χ2v) is 7.51. The SMILES string of the molecule is CCNC(=NCc1ncc(C(C)(C)C)o1)NCCCOc1ccc(C)cc1. The Morgan fingerprint density at radius 2 is 1.93 bits per heavy atom. The van der Waals surface area contributed by atoms with Gasteiger partial charge >= 0.3 is 0 Å². The molecular formula is C21H32N4O2. The number of aromatic nitrogens is 1. The Bertz CT molecular complexity index is 715. The first kappa shape index (κ1) is 20.8. The standard InChI is InChI=1S/C21H32N4O2/c1-6-22-20(25-15-19-24-14-18(27-19)21(3,4)5)23-12-7-13-26-17-10-8-16(2)9-11-17/h8-11,14H,6-7,12-13,15H2,1-5H3,(H2,22,23,25). The first-order chi connectivity index (χ1) is 12.9. The van der Waals surface area contributed by atoms with Gasteiger partial charge in [-0.1, -0.05) is 38.5 Å². The molecule has 0 spiro atoms. The number of nitrogens with one attached hydrogen (secondary N) is 2. The van der Waals surface area contributed by atoms with E-state index in [1.165, 1.54) is 5.56 Å². The van der Waals surface area contributed by atoms with Crippen molar-refractivity contribution in [2.75, 3.05) is 19.7 Å². The van der Waals surface area contributed by atoms with Crippen LogP contribution in [0.15, 0.2) is 39.9 Å². The maximum Gasteiger partial charge on any atom is 0.216 e. The zero-order chi connectivity index (χ0) is 19.7. The van der Waals surface area contributed by atoms with E-state index in [-0.39, 0.29) is 5.41 Å². The van der Waals surface area contributed by atoms with Gasteiger partial charge in [0.2, 0.25) is 5.89 Å². The van der Waals surface area contributed by atoms with Crippen LogP contribution < -0.4 is 15.4 Å². The summed E-state index contributed by atoms with van der Waals surface area (Å²) in [6.07, 6.45) is 2.67. The maximum atomic E-state index is 5.78. The van der Waals surface area contributed by atoms with Crippen LogP contribution in [0.4, 0.5) is 0 Å². The minimum atomic E-state index is -0.0465. The van der Waals surface area contributed by atoms with Crippen molar-refractivity contribution in [1.82, 2.24) is 15.6 Å². The van der Waals surface area contributed by atoms with Gasteiger partial charge in [-0.15, -0.1) is 0 Å². The van der Waals surface area contributed by atoms with Crippen LogP contribution in [0.25, 0.3) is 0 Å². The molecule has 0 saturated carbocycles. The van der Waals surface area contributed by atoms with Crippen molar-refractivity contribution >= 4 is 5.96 Å². The smallest absolute Gasteiger partial charge is 0.216 e. The largest absolute Gasteiger partial charge is 0.494 e. The van der Waals surface area contributed by atoms with E-state index in [2.05, 4.69) is 60.4 Å². The molecule has 0 radical (unpaired) electrons. The second kappa shape index (κ2) is 10.00. The number of hydrogen-bond donors (Lipinski definition) is 2. The maximum absolute atomic E-state index is 5.78. The molecule has 2 N–H and O–H groups in total. The topological polar surface area (TPSA) is 71.7 Å². The van der Waals surface area contributed by atoms with Gasteiger partial charge in [-0.05, 0) is 32.4 Å². The van der Waals surface area contributed by atoms with E-state index in [1.807, 2.05) is 19.1 Å². The number of rotatable bonds is 8. The average molecular weight is 373 g/mol. The molecule has 1 aromatic heterocycles. The zero-order valence-electron chi connectivity index (χ0n) is 17.1. The summed E-state index contributed by atoms with van der Waals surface area (Å²) in [4.78, 5) is 8.86. The molecule has 1 aromatic carbocycles. The Kier molecular flexibility index (Phi) is 7.70. The molecule has 0 aliphatic heterocycles. The summed E-state index contributed by atoms with van der Waals surface area (Å²) in [6.45, 7) is 13.1. The number of ether oxygens (including phenoxy) is 1. The third kappa shape index (κ3) is 7.33. The van der Waals surface area contributed by atoms with Crippen LogP contribution >= 0.6 is 0 Å². The average Bonchev–Trinajstić information content (AvgIpc) is 3.10. The van der Waals surface area contributed by atoms with Crippen molar-refractivity contribution in [2.45, 2.75) is 53.0 Å². The van der Waals surface area contributed by atoms with E-state index in [0.717, 1.165) is 37.0 Å². The fraction of sp³-hybridized carbons (Fsp3) is 0.524. The lowest BCUT2D eigenvalue weighted by molar-refractivity contribution is 0.311. The molecule has 27 heavy (non-hydrogen) atoms. The van der Waals surface area contributed by atoms with E-state index in [4.69, 9.17) is 9.15 Å².